The summed E-state index contributed by atoms with van der Waals surface area (Å²) in [6, 6.07) is 0. The summed E-state index contributed by atoms with van der Waals surface area (Å²) in [5.41, 5.74) is 1.24. The predicted octanol–water partition coefficient (Wildman–Crippen LogP) is 1.52. The van der Waals surface area contributed by atoms with Crippen molar-refractivity contribution in [3.05, 3.63) is 42.5 Å². The second-order valence-electron chi connectivity index (χ2n) is 5.12. The van der Waals surface area contributed by atoms with Crippen LogP contribution >= 0.6 is 0 Å². The van der Waals surface area contributed by atoms with Crippen LogP contribution in [-0.4, -0.2) is 46.8 Å². The van der Waals surface area contributed by atoms with Gasteiger partial charge in [-0.05, 0) is 26.0 Å². The molecule has 3 aliphatic rings. The molecule has 0 aromatic heterocycles. The average Bonchev–Trinajstić information content (AvgIpc) is 2.74. The number of ether oxygens (including phenoxy) is 1. The minimum atomic E-state index is -0.290. The predicted molar refractivity (Wildman–Crippen MR) is 70.8 cm³/mol. The molecule has 105 valence electrons. The van der Waals surface area contributed by atoms with Crippen molar-refractivity contribution in [3.63, 3.8) is 0 Å². The van der Waals surface area contributed by atoms with Gasteiger partial charge in [-0.2, -0.15) is 5.26 Å². The Hall–Kier alpha value is -2.00. The molecular weight excluding hydrogens is 259 g/mol. The Morgan fingerprint density at radius 3 is 3.00 bits per heavy atom. The molecule has 2 atom stereocenters. The first kappa shape index (κ1) is 13.0. The van der Waals surface area contributed by atoms with Crippen LogP contribution in [0.2, 0.25) is 0 Å². The van der Waals surface area contributed by atoms with Crippen LogP contribution in [0.4, 0.5) is 4.39 Å². The first-order chi connectivity index (χ1) is 9.60. The van der Waals surface area contributed by atoms with Crippen LogP contribution < -0.4 is 0 Å². The third-order valence-corrected chi connectivity index (χ3v) is 3.54. The first-order valence-corrected chi connectivity index (χ1v) is 6.57. The zero-order chi connectivity index (χ0) is 14.3. The summed E-state index contributed by atoms with van der Waals surface area (Å²) >= 11 is 0. The monoisotopic (exact) mass is 275 g/mol. The van der Waals surface area contributed by atoms with E-state index in [0.717, 1.165) is 5.70 Å². The molecule has 1 saturated heterocycles. The van der Waals surface area contributed by atoms with Crippen molar-refractivity contribution in [3.8, 4) is 6.19 Å². The fraction of sp³-hybridized carbons (Fsp3) is 0.429. The molecule has 0 aromatic carbocycles. The summed E-state index contributed by atoms with van der Waals surface area (Å²) in [4.78, 5) is 2.07. The first-order valence-electron chi connectivity index (χ1n) is 6.57. The molecular formula is C14H16FN4O. The van der Waals surface area contributed by atoms with Gasteiger partial charge in [0.1, 0.15) is 18.1 Å². The van der Waals surface area contributed by atoms with Crippen molar-refractivity contribution >= 4 is 0 Å². The molecule has 3 rings (SSSR count). The van der Waals surface area contributed by atoms with Gasteiger partial charge in [-0.3, -0.25) is 0 Å². The van der Waals surface area contributed by atoms with Gasteiger partial charge in [-0.15, -0.1) is 0 Å². The van der Waals surface area contributed by atoms with E-state index in [0.29, 0.717) is 18.8 Å². The molecule has 0 spiro atoms. The quantitative estimate of drug-likeness (QED) is 0.679. The summed E-state index contributed by atoms with van der Waals surface area (Å²) in [6.45, 7) is 7.19. The van der Waals surface area contributed by atoms with Crippen molar-refractivity contribution in [1.82, 2.24) is 14.9 Å². The van der Waals surface area contributed by atoms with Gasteiger partial charge in [-0.25, -0.2) is 14.4 Å². The molecule has 0 bridgehead atoms. The van der Waals surface area contributed by atoms with Gasteiger partial charge >= 0.3 is 0 Å². The second-order valence-corrected chi connectivity index (χ2v) is 5.12. The molecule has 0 saturated carbocycles. The number of hydrogen-bond acceptors (Lipinski definition) is 5. The van der Waals surface area contributed by atoms with E-state index in [9.17, 15) is 4.39 Å². The third-order valence-electron chi connectivity index (χ3n) is 3.54. The average molecular weight is 275 g/mol. The number of nitrogens with zero attached hydrogens (tertiary/aromatic N) is 4. The lowest BCUT2D eigenvalue weighted by Crippen LogP contribution is -2.46. The highest BCUT2D eigenvalue weighted by Gasteiger charge is 2.36. The van der Waals surface area contributed by atoms with Crippen LogP contribution in [0.3, 0.4) is 0 Å². The molecule has 3 heterocycles. The molecule has 6 heteroatoms. The lowest BCUT2D eigenvalue weighted by Gasteiger charge is -2.40. The second kappa shape index (κ2) is 4.84. The smallest absolute Gasteiger partial charge is 0.200 e. The van der Waals surface area contributed by atoms with Gasteiger partial charge in [0, 0.05) is 19.3 Å². The highest BCUT2D eigenvalue weighted by molar-refractivity contribution is 5.41. The number of fused-ring (bicyclic) bond motifs is 1. The van der Waals surface area contributed by atoms with Gasteiger partial charge in [0.15, 0.2) is 0 Å². The van der Waals surface area contributed by atoms with Crippen molar-refractivity contribution in [2.45, 2.75) is 19.1 Å². The summed E-state index contributed by atoms with van der Waals surface area (Å²) in [7, 11) is 0. The number of halogens is 1. The van der Waals surface area contributed by atoms with Crippen LogP contribution in [-0.2, 0) is 4.74 Å². The topological polar surface area (TPSA) is 42.7 Å². The molecule has 0 N–H and O–H groups in total. The van der Waals surface area contributed by atoms with E-state index in [4.69, 9.17) is 10.00 Å². The van der Waals surface area contributed by atoms with E-state index in [2.05, 4.69) is 11.8 Å². The van der Waals surface area contributed by atoms with Gasteiger partial charge < -0.3 is 9.64 Å². The molecule has 5 nitrogen and oxygen atoms in total. The van der Waals surface area contributed by atoms with E-state index in [1.165, 1.54) is 5.01 Å². The van der Waals surface area contributed by atoms with Crippen molar-refractivity contribution in [1.29, 1.82) is 5.26 Å². The number of allylic oxidation sites excluding steroid dienone is 2. The van der Waals surface area contributed by atoms with E-state index < -0.39 is 0 Å². The zero-order valence-corrected chi connectivity index (χ0v) is 11.3. The van der Waals surface area contributed by atoms with Crippen molar-refractivity contribution in [2.75, 3.05) is 19.6 Å². The van der Waals surface area contributed by atoms with Crippen LogP contribution in [0, 0.1) is 18.4 Å². The molecule has 0 amide bonds. The number of nitriles is 1. The molecule has 0 aliphatic carbocycles. The molecule has 0 unspecified atom stereocenters. The number of hydrogen-bond donors (Lipinski definition) is 0. The Morgan fingerprint density at radius 2 is 2.30 bits per heavy atom. The number of rotatable bonds is 1. The van der Waals surface area contributed by atoms with E-state index >= 15 is 0 Å². The van der Waals surface area contributed by atoms with E-state index in [1.54, 1.807) is 11.2 Å². The standard InChI is InChI=1S/C14H16FN4O/c1-10-6-17(7-11(2)20-10)13-4-3-5-19-14(13)12(15)8-18(19)9-16/h3-5,10-11H,1,6-8H2,2H3/t10-,11-/m1/s1. The van der Waals surface area contributed by atoms with Gasteiger partial charge in [0.2, 0.25) is 6.19 Å². The maximum Gasteiger partial charge on any atom is 0.200 e. The normalized spacial score (nSPS) is 29.5. The summed E-state index contributed by atoms with van der Waals surface area (Å²) in [6.07, 6.45) is 7.27. The summed E-state index contributed by atoms with van der Waals surface area (Å²) < 4.78 is 19.8. The minimum absolute atomic E-state index is 0.0127. The Balaban J connectivity index is 1.90. The fourth-order valence-electron chi connectivity index (χ4n) is 2.81. The van der Waals surface area contributed by atoms with Crippen LogP contribution in [0.25, 0.3) is 0 Å². The molecule has 0 aromatic rings. The van der Waals surface area contributed by atoms with Gasteiger partial charge in [0.25, 0.3) is 0 Å². The third kappa shape index (κ3) is 2.04. The maximum absolute atomic E-state index is 14.2. The minimum Gasteiger partial charge on any atom is -0.372 e. The van der Waals surface area contributed by atoms with E-state index in [1.807, 2.05) is 25.3 Å². The van der Waals surface area contributed by atoms with Crippen molar-refractivity contribution < 1.29 is 9.13 Å². The SMILES string of the molecule is [CH2][C@@H]1CN(C2=CC=CN3C2=C(F)CN3C#N)C[C@@H](C)O1. The maximum atomic E-state index is 14.2. The van der Waals surface area contributed by atoms with Gasteiger partial charge in [-0.1, -0.05) is 0 Å². The van der Waals surface area contributed by atoms with Crippen molar-refractivity contribution in [2.24, 2.45) is 0 Å². The Labute approximate surface area is 117 Å². The molecule has 1 fully saturated rings. The highest BCUT2D eigenvalue weighted by atomic mass is 19.1. The largest absolute Gasteiger partial charge is 0.372 e. The Kier molecular flexibility index (Phi) is 3.14. The summed E-state index contributed by atoms with van der Waals surface area (Å²) in [5, 5.41) is 11.9. The molecule has 20 heavy (non-hydrogen) atoms. The van der Waals surface area contributed by atoms with Crippen LogP contribution in [0.1, 0.15) is 6.92 Å². The van der Waals surface area contributed by atoms with Gasteiger partial charge in [0.05, 0.1) is 17.9 Å². The molecule has 3 aliphatic heterocycles. The Morgan fingerprint density at radius 1 is 1.50 bits per heavy atom. The summed E-state index contributed by atoms with van der Waals surface area (Å²) in [5.74, 6) is -0.290. The number of morpholine rings is 1. The lowest BCUT2D eigenvalue weighted by atomic mass is 10.1. The van der Waals surface area contributed by atoms with Crippen LogP contribution in [0.5, 0.6) is 0 Å². The highest BCUT2D eigenvalue weighted by Crippen LogP contribution is 2.35. The lowest BCUT2D eigenvalue weighted by molar-refractivity contribution is -0.0462. The zero-order valence-electron chi connectivity index (χ0n) is 11.3. The number of hydrazine groups is 1. The molecule has 1 radical (unpaired) electrons. The van der Waals surface area contributed by atoms with Crippen LogP contribution in [0.15, 0.2) is 35.6 Å². The fourth-order valence-corrected chi connectivity index (χ4v) is 2.81. The van der Waals surface area contributed by atoms with E-state index in [-0.39, 0.29) is 24.6 Å². The Bertz CT molecular complexity index is 538.